The van der Waals surface area contributed by atoms with Gasteiger partial charge in [-0.05, 0) is 59.5 Å². The number of hydrogen-bond donors (Lipinski definition) is 2. The van der Waals surface area contributed by atoms with E-state index in [0.29, 0.717) is 0 Å². The van der Waals surface area contributed by atoms with E-state index in [1.807, 2.05) is 54.7 Å². The Bertz CT molecular complexity index is 1110. The van der Waals surface area contributed by atoms with Crippen LogP contribution in [0.4, 0.5) is 11.4 Å². The van der Waals surface area contributed by atoms with E-state index in [0.717, 1.165) is 27.2 Å². The summed E-state index contributed by atoms with van der Waals surface area (Å²) in [6.45, 7) is 1.50. The van der Waals surface area contributed by atoms with Gasteiger partial charge in [0.1, 0.15) is 0 Å². The Morgan fingerprint density at radius 3 is 2.43 bits per heavy atom. The molecule has 4 nitrogen and oxygen atoms in total. The van der Waals surface area contributed by atoms with Crippen molar-refractivity contribution in [1.82, 2.24) is 4.98 Å². The first kappa shape index (κ1) is 18.1. The van der Waals surface area contributed by atoms with Gasteiger partial charge in [0.05, 0.1) is 11.2 Å². The standard InChI is InChI=1S/C23H19N3OS/c1-16(27)25-18-9-11-19(12-10-18)28-26-22-14-13-20(17-6-3-2-4-7-17)21-8-5-15-24-23(21)22/h2-15,26H,1H3,(H,25,27). The van der Waals surface area contributed by atoms with Crippen LogP contribution in [0.5, 0.6) is 0 Å². The van der Waals surface area contributed by atoms with Gasteiger partial charge in [0.2, 0.25) is 5.91 Å². The molecule has 4 rings (SSSR count). The normalized spacial score (nSPS) is 10.6. The lowest BCUT2D eigenvalue weighted by Gasteiger charge is -2.12. The van der Waals surface area contributed by atoms with Crippen LogP contribution < -0.4 is 10.0 Å². The van der Waals surface area contributed by atoms with E-state index in [4.69, 9.17) is 0 Å². The zero-order valence-electron chi connectivity index (χ0n) is 15.3. The minimum atomic E-state index is -0.0745. The Morgan fingerprint density at radius 2 is 1.68 bits per heavy atom. The minimum Gasteiger partial charge on any atom is -0.326 e. The van der Waals surface area contributed by atoms with Gasteiger partial charge in [0.15, 0.2) is 0 Å². The Hall–Kier alpha value is -3.31. The molecule has 0 radical (unpaired) electrons. The summed E-state index contributed by atoms with van der Waals surface area (Å²) in [5, 5.41) is 3.88. The number of carbonyl (C=O) groups excluding carboxylic acids is 1. The number of pyridine rings is 1. The first-order chi connectivity index (χ1) is 13.7. The first-order valence-corrected chi connectivity index (χ1v) is 9.76. The third kappa shape index (κ3) is 4.00. The summed E-state index contributed by atoms with van der Waals surface area (Å²) < 4.78 is 3.41. The molecule has 2 N–H and O–H groups in total. The summed E-state index contributed by atoms with van der Waals surface area (Å²) in [5.74, 6) is -0.0745. The average molecular weight is 385 g/mol. The Kier molecular flexibility index (Phi) is 5.26. The number of fused-ring (bicyclic) bond motifs is 1. The van der Waals surface area contributed by atoms with Crippen molar-refractivity contribution in [2.45, 2.75) is 11.8 Å². The smallest absolute Gasteiger partial charge is 0.221 e. The quantitative estimate of drug-likeness (QED) is 0.415. The van der Waals surface area contributed by atoms with E-state index in [1.165, 1.54) is 30.0 Å². The molecule has 0 saturated heterocycles. The molecule has 1 aromatic heterocycles. The van der Waals surface area contributed by atoms with Crippen molar-refractivity contribution < 1.29 is 4.79 Å². The van der Waals surface area contributed by atoms with Crippen LogP contribution in [0.2, 0.25) is 0 Å². The molecular formula is C23H19N3OS. The number of anilines is 2. The number of carbonyl (C=O) groups is 1. The molecule has 0 bridgehead atoms. The van der Waals surface area contributed by atoms with Crippen molar-refractivity contribution in [3.8, 4) is 11.1 Å². The molecule has 0 aliphatic heterocycles. The topological polar surface area (TPSA) is 54.0 Å². The first-order valence-electron chi connectivity index (χ1n) is 8.94. The van der Waals surface area contributed by atoms with Crippen molar-refractivity contribution in [2.24, 2.45) is 0 Å². The van der Waals surface area contributed by atoms with E-state index >= 15 is 0 Å². The maximum Gasteiger partial charge on any atom is 0.221 e. The molecule has 0 atom stereocenters. The second-order valence-electron chi connectivity index (χ2n) is 6.34. The van der Waals surface area contributed by atoms with Crippen LogP contribution in [-0.4, -0.2) is 10.9 Å². The highest BCUT2D eigenvalue weighted by atomic mass is 32.2. The lowest BCUT2D eigenvalue weighted by molar-refractivity contribution is -0.114. The van der Waals surface area contributed by atoms with Crippen molar-refractivity contribution in [1.29, 1.82) is 0 Å². The van der Waals surface area contributed by atoms with Crippen LogP contribution in [0.3, 0.4) is 0 Å². The van der Waals surface area contributed by atoms with E-state index in [9.17, 15) is 4.79 Å². The number of benzene rings is 3. The van der Waals surface area contributed by atoms with Gasteiger partial charge < -0.3 is 10.0 Å². The van der Waals surface area contributed by atoms with Gasteiger partial charge in [-0.2, -0.15) is 0 Å². The van der Waals surface area contributed by atoms with Gasteiger partial charge in [-0.25, -0.2) is 0 Å². The molecule has 4 aromatic rings. The third-order valence-corrected chi connectivity index (χ3v) is 5.14. The Labute approximate surface area is 168 Å². The van der Waals surface area contributed by atoms with Gasteiger partial charge in [0.25, 0.3) is 0 Å². The van der Waals surface area contributed by atoms with Crippen LogP contribution >= 0.6 is 11.9 Å². The molecule has 5 heteroatoms. The molecule has 0 unspecified atom stereocenters. The monoisotopic (exact) mass is 385 g/mol. The van der Waals surface area contributed by atoms with Crippen LogP contribution in [0.15, 0.2) is 90.0 Å². The van der Waals surface area contributed by atoms with Crippen LogP contribution in [0, 0.1) is 0 Å². The summed E-state index contributed by atoms with van der Waals surface area (Å²) in [6.07, 6.45) is 1.81. The minimum absolute atomic E-state index is 0.0745. The van der Waals surface area contributed by atoms with Crippen molar-refractivity contribution >= 4 is 40.1 Å². The molecule has 0 aliphatic carbocycles. The van der Waals surface area contributed by atoms with E-state index in [1.54, 1.807) is 0 Å². The zero-order valence-corrected chi connectivity index (χ0v) is 16.2. The molecule has 1 amide bonds. The summed E-state index contributed by atoms with van der Waals surface area (Å²) in [4.78, 5) is 16.8. The van der Waals surface area contributed by atoms with E-state index < -0.39 is 0 Å². The summed E-state index contributed by atoms with van der Waals surface area (Å²) >= 11 is 1.51. The van der Waals surface area contributed by atoms with Gasteiger partial charge >= 0.3 is 0 Å². The number of rotatable bonds is 5. The van der Waals surface area contributed by atoms with Crippen molar-refractivity contribution in [2.75, 3.05) is 10.0 Å². The maximum absolute atomic E-state index is 11.1. The SMILES string of the molecule is CC(=O)Nc1ccc(SNc2ccc(-c3ccccc3)c3cccnc23)cc1. The molecule has 0 aliphatic rings. The average Bonchev–Trinajstić information content (AvgIpc) is 2.73. The molecule has 0 saturated carbocycles. The Balaban J connectivity index is 1.59. The summed E-state index contributed by atoms with van der Waals surface area (Å²) in [7, 11) is 0. The molecule has 1 heterocycles. The van der Waals surface area contributed by atoms with Crippen LogP contribution in [0.25, 0.3) is 22.0 Å². The highest BCUT2D eigenvalue weighted by Gasteiger charge is 2.09. The molecular weight excluding hydrogens is 366 g/mol. The van der Waals surface area contributed by atoms with Crippen molar-refractivity contribution in [3.05, 3.63) is 85.1 Å². The second-order valence-corrected chi connectivity index (χ2v) is 7.22. The second kappa shape index (κ2) is 8.15. The molecule has 0 spiro atoms. The molecule has 3 aromatic carbocycles. The number of hydrogen-bond acceptors (Lipinski definition) is 4. The predicted octanol–water partition coefficient (Wildman–Crippen LogP) is 5.98. The fourth-order valence-electron chi connectivity index (χ4n) is 3.05. The predicted molar refractivity (Wildman–Crippen MR) is 117 cm³/mol. The van der Waals surface area contributed by atoms with Gasteiger partial charge in [-0.15, -0.1) is 0 Å². The highest BCUT2D eigenvalue weighted by Crippen LogP contribution is 2.34. The fourth-order valence-corrected chi connectivity index (χ4v) is 3.71. The lowest BCUT2D eigenvalue weighted by Crippen LogP contribution is -2.05. The summed E-state index contributed by atoms with van der Waals surface area (Å²) in [6, 6.07) is 26.3. The van der Waals surface area contributed by atoms with Gasteiger partial charge in [0, 0.05) is 29.1 Å². The zero-order chi connectivity index (χ0) is 19.3. The molecule has 138 valence electrons. The maximum atomic E-state index is 11.1. The van der Waals surface area contributed by atoms with Gasteiger partial charge in [-0.3, -0.25) is 9.78 Å². The van der Waals surface area contributed by atoms with E-state index in [-0.39, 0.29) is 5.91 Å². The largest absolute Gasteiger partial charge is 0.326 e. The number of nitrogens with zero attached hydrogens (tertiary/aromatic N) is 1. The number of aromatic nitrogens is 1. The summed E-state index contributed by atoms with van der Waals surface area (Å²) in [5.41, 5.74) is 5.03. The molecule has 0 fully saturated rings. The van der Waals surface area contributed by atoms with Crippen LogP contribution in [0.1, 0.15) is 6.92 Å². The molecule has 28 heavy (non-hydrogen) atoms. The lowest BCUT2D eigenvalue weighted by atomic mass is 10.00. The van der Waals surface area contributed by atoms with Gasteiger partial charge in [-0.1, -0.05) is 42.5 Å². The third-order valence-electron chi connectivity index (χ3n) is 4.31. The Morgan fingerprint density at radius 1 is 0.893 bits per heavy atom. The highest BCUT2D eigenvalue weighted by molar-refractivity contribution is 8.00. The van der Waals surface area contributed by atoms with E-state index in [2.05, 4.69) is 45.4 Å². The van der Waals surface area contributed by atoms with Crippen molar-refractivity contribution in [3.63, 3.8) is 0 Å². The fraction of sp³-hybridized carbons (Fsp3) is 0.0435. The number of nitrogens with one attached hydrogen (secondary N) is 2. The number of amides is 1. The van der Waals surface area contributed by atoms with Crippen LogP contribution in [-0.2, 0) is 4.79 Å².